The van der Waals surface area contributed by atoms with Gasteiger partial charge in [0.1, 0.15) is 0 Å². The van der Waals surface area contributed by atoms with Crippen molar-refractivity contribution in [3.05, 3.63) is 131 Å². The van der Waals surface area contributed by atoms with Crippen molar-refractivity contribution in [2.24, 2.45) is 0 Å². The summed E-state index contributed by atoms with van der Waals surface area (Å²) in [7, 11) is 0. The average molecular weight is 530 g/mol. The third-order valence-corrected chi connectivity index (χ3v) is 6.23. The van der Waals surface area contributed by atoms with Gasteiger partial charge in [0.2, 0.25) is 0 Å². The topological polar surface area (TPSA) is 92.2 Å². The van der Waals surface area contributed by atoms with Gasteiger partial charge in [-0.3, -0.25) is 0 Å². The molecule has 190 valence electrons. The third-order valence-electron chi connectivity index (χ3n) is 6.23. The van der Waals surface area contributed by atoms with Gasteiger partial charge < -0.3 is 20.4 Å². The van der Waals surface area contributed by atoms with E-state index in [9.17, 15) is 10.2 Å². The summed E-state index contributed by atoms with van der Waals surface area (Å²) in [5, 5.41) is 40.1. The average Bonchev–Trinajstić information content (AvgIpc) is 2.91. The number of hydrogen-bond acceptors (Lipinski definition) is 4. The minimum absolute atomic E-state index is 0. The maximum absolute atomic E-state index is 11.1. The Bertz CT molecular complexity index is 1050. The van der Waals surface area contributed by atoms with Crippen LogP contribution in [0.3, 0.4) is 0 Å². The largest absolute Gasteiger partial charge is 4.00 e. The van der Waals surface area contributed by atoms with Gasteiger partial charge in [-0.05, 0) is 22.3 Å². The number of benzene rings is 4. The first-order chi connectivity index (χ1) is 17.1. The second-order valence-electron chi connectivity index (χ2n) is 9.44. The van der Waals surface area contributed by atoms with Gasteiger partial charge in [0.05, 0.1) is 0 Å². The molecule has 0 saturated carbocycles. The normalized spacial score (nSPS) is 10.6. The molecular weight excluding hydrogens is 496 g/mol. The van der Waals surface area contributed by atoms with Gasteiger partial charge in [0, 0.05) is 10.8 Å². The summed E-state index contributed by atoms with van der Waals surface area (Å²) in [6.45, 7) is 7.70. The standard InChI is InChI=1S/2C15H16O.C2H4O2.Ti/c2*1-15(2,12-6-4-3-5-7-12)13-8-10-14(16)11-9-13;3-1-2-4;/h2*3-11,16H,1-2H3;1-2H2;/q;;-2;+4/p-2. The van der Waals surface area contributed by atoms with E-state index in [1.54, 1.807) is 24.3 Å². The van der Waals surface area contributed by atoms with Crippen LogP contribution in [0.2, 0.25) is 0 Å². The summed E-state index contributed by atoms with van der Waals surface area (Å²) < 4.78 is 0. The molecule has 0 bridgehead atoms. The molecule has 0 N–H and O–H groups in total. The van der Waals surface area contributed by atoms with Gasteiger partial charge in [-0.15, -0.1) is 11.5 Å². The van der Waals surface area contributed by atoms with Gasteiger partial charge >= 0.3 is 21.7 Å². The Morgan fingerprint density at radius 1 is 0.432 bits per heavy atom. The zero-order valence-corrected chi connectivity index (χ0v) is 23.5. The van der Waals surface area contributed by atoms with Crippen molar-refractivity contribution in [2.75, 3.05) is 13.2 Å². The molecule has 37 heavy (non-hydrogen) atoms. The van der Waals surface area contributed by atoms with Crippen molar-refractivity contribution in [3.63, 3.8) is 0 Å². The molecule has 0 heterocycles. The number of hydrogen-bond donors (Lipinski definition) is 0. The van der Waals surface area contributed by atoms with Crippen LogP contribution in [-0.4, -0.2) is 13.2 Å². The van der Waals surface area contributed by atoms with Crippen molar-refractivity contribution >= 4 is 0 Å². The van der Waals surface area contributed by atoms with Crippen LogP contribution >= 0.6 is 0 Å². The third kappa shape index (κ3) is 9.49. The molecule has 4 aromatic carbocycles. The Balaban J connectivity index is 0.000000316. The molecule has 0 aromatic heterocycles. The molecule has 0 fully saturated rings. The summed E-state index contributed by atoms with van der Waals surface area (Å²) in [4.78, 5) is 0. The van der Waals surface area contributed by atoms with Crippen molar-refractivity contribution in [2.45, 2.75) is 38.5 Å². The van der Waals surface area contributed by atoms with Crippen molar-refractivity contribution in [1.82, 2.24) is 0 Å². The molecule has 0 saturated heterocycles. The fourth-order valence-corrected chi connectivity index (χ4v) is 3.79. The molecule has 0 radical (unpaired) electrons. The summed E-state index contributed by atoms with van der Waals surface area (Å²) in [6, 6.07) is 34.8. The molecule has 0 amide bonds. The fourth-order valence-electron chi connectivity index (χ4n) is 3.79. The Hall–Kier alpha value is -2.89. The molecule has 4 rings (SSSR count). The van der Waals surface area contributed by atoms with E-state index in [-0.39, 0.29) is 44.0 Å². The van der Waals surface area contributed by atoms with E-state index in [0.717, 1.165) is 0 Å². The Morgan fingerprint density at radius 3 is 0.919 bits per heavy atom. The van der Waals surface area contributed by atoms with E-state index in [1.165, 1.54) is 22.3 Å². The van der Waals surface area contributed by atoms with Gasteiger partial charge in [-0.1, -0.05) is 137 Å². The van der Waals surface area contributed by atoms with Crippen molar-refractivity contribution in [1.29, 1.82) is 0 Å². The molecule has 0 atom stereocenters. The van der Waals surface area contributed by atoms with E-state index in [4.69, 9.17) is 10.2 Å². The zero-order valence-electron chi connectivity index (χ0n) is 21.9. The second-order valence-corrected chi connectivity index (χ2v) is 9.44. The molecule has 0 aliphatic carbocycles. The van der Waals surface area contributed by atoms with E-state index >= 15 is 0 Å². The van der Waals surface area contributed by atoms with Crippen LogP contribution < -0.4 is 20.4 Å². The zero-order chi connectivity index (χ0) is 26.6. The molecular formula is C32H34O4Ti. The van der Waals surface area contributed by atoms with E-state index in [0.29, 0.717) is 0 Å². The molecule has 0 spiro atoms. The molecule has 4 nitrogen and oxygen atoms in total. The van der Waals surface area contributed by atoms with Crippen LogP contribution in [0.5, 0.6) is 11.5 Å². The summed E-state index contributed by atoms with van der Waals surface area (Å²) in [5.41, 5.74) is 4.73. The molecule has 0 aliphatic rings. The monoisotopic (exact) mass is 530 g/mol. The van der Waals surface area contributed by atoms with Crippen LogP contribution in [0.15, 0.2) is 109 Å². The first-order valence-electron chi connectivity index (χ1n) is 11.9. The summed E-state index contributed by atoms with van der Waals surface area (Å²) in [6.07, 6.45) is 0. The van der Waals surface area contributed by atoms with Gasteiger partial charge in [0.25, 0.3) is 0 Å². The van der Waals surface area contributed by atoms with Crippen molar-refractivity contribution < 1.29 is 42.1 Å². The Morgan fingerprint density at radius 2 is 0.676 bits per heavy atom. The maximum atomic E-state index is 11.1. The maximum Gasteiger partial charge on any atom is 4.00 e. The van der Waals surface area contributed by atoms with E-state index < -0.39 is 13.2 Å². The Kier molecular flexibility index (Phi) is 13.4. The minimum Gasteiger partial charge on any atom is -0.872 e. The second kappa shape index (κ2) is 15.4. The minimum atomic E-state index is -0.486. The van der Waals surface area contributed by atoms with E-state index in [2.05, 4.69) is 52.0 Å². The van der Waals surface area contributed by atoms with Crippen molar-refractivity contribution in [3.8, 4) is 11.5 Å². The van der Waals surface area contributed by atoms with E-state index in [1.807, 2.05) is 60.7 Å². The summed E-state index contributed by atoms with van der Waals surface area (Å²) >= 11 is 0. The van der Waals surface area contributed by atoms with Crippen LogP contribution in [0, 0.1) is 0 Å². The first-order valence-corrected chi connectivity index (χ1v) is 11.9. The van der Waals surface area contributed by atoms with Gasteiger partial charge in [-0.2, -0.15) is 13.2 Å². The predicted octanol–water partition coefficient (Wildman–Crippen LogP) is 3.88. The predicted molar refractivity (Wildman–Crippen MR) is 139 cm³/mol. The van der Waals surface area contributed by atoms with Crippen LogP contribution in [-0.2, 0) is 32.5 Å². The number of rotatable bonds is 5. The Labute approximate surface area is 236 Å². The van der Waals surface area contributed by atoms with Crippen LogP contribution in [0.25, 0.3) is 0 Å². The molecule has 0 aliphatic heterocycles. The fraction of sp³-hybridized carbons (Fsp3) is 0.250. The molecule has 0 unspecified atom stereocenters. The van der Waals surface area contributed by atoms with Gasteiger partial charge in [-0.25, -0.2) is 0 Å². The smallest absolute Gasteiger partial charge is 0.872 e. The first kappa shape index (κ1) is 32.1. The summed E-state index contributed by atoms with van der Waals surface area (Å²) in [5.74, 6) is 0.125. The van der Waals surface area contributed by atoms with Gasteiger partial charge in [0.15, 0.2) is 0 Å². The quantitative estimate of drug-likeness (QED) is 0.366. The molecule has 4 aromatic rings. The van der Waals surface area contributed by atoms with Crippen LogP contribution in [0.4, 0.5) is 0 Å². The molecule has 5 heteroatoms. The SMILES string of the molecule is CC(C)(c1ccccc1)c1ccc([O-])cc1.CC(C)(c1ccccc1)c1ccc([O-])cc1.[O-]CC[O-].[Ti+4]. The van der Waals surface area contributed by atoms with Crippen LogP contribution in [0.1, 0.15) is 49.9 Å².